The van der Waals surface area contributed by atoms with Crippen LogP contribution >= 0.6 is 11.6 Å². The lowest BCUT2D eigenvalue weighted by atomic mass is 10.1. The van der Waals surface area contributed by atoms with Gasteiger partial charge in [0.05, 0.1) is 10.6 Å². The first-order chi connectivity index (χ1) is 8.63. The second kappa shape index (κ2) is 4.03. The lowest BCUT2D eigenvalue weighted by molar-refractivity contribution is 0.631. The number of fused-ring (bicyclic) bond motifs is 1. The molecule has 0 radical (unpaired) electrons. The number of furan rings is 1. The molecule has 0 aliphatic rings. The van der Waals surface area contributed by atoms with E-state index < -0.39 is 0 Å². The van der Waals surface area contributed by atoms with Crippen LogP contribution in [0.4, 0.5) is 5.82 Å². The van der Waals surface area contributed by atoms with Gasteiger partial charge in [-0.1, -0.05) is 23.2 Å². The van der Waals surface area contributed by atoms with Gasteiger partial charge >= 0.3 is 0 Å². The molecule has 2 N–H and O–H groups in total. The lowest BCUT2D eigenvalue weighted by Gasteiger charge is -2.01. The summed E-state index contributed by atoms with van der Waals surface area (Å²) in [7, 11) is 0. The summed E-state index contributed by atoms with van der Waals surface area (Å²) < 4.78 is 5.77. The minimum atomic E-state index is 0.412. The minimum absolute atomic E-state index is 0.412. The third kappa shape index (κ3) is 1.83. The molecule has 2 heterocycles. The Labute approximate surface area is 109 Å². The number of nitrogens with two attached hydrogens (primary N) is 1. The zero-order valence-electron chi connectivity index (χ0n) is 9.77. The summed E-state index contributed by atoms with van der Waals surface area (Å²) >= 11 is 5.93. The Balaban J connectivity index is 2.22. The van der Waals surface area contributed by atoms with Crippen LogP contribution in [0.15, 0.2) is 40.9 Å². The first kappa shape index (κ1) is 11.1. The molecule has 3 aromatic rings. The monoisotopic (exact) mass is 258 g/mol. The van der Waals surface area contributed by atoms with E-state index in [0.717, 1.165) is 16.5 Å². The number of benzene rings is 1. The van der Waals surface area contributed by atoms with Gasteiger partial charge in [-0.05, 0) is 31.2 Å². The third-order valence-corrected chi connectivity index (χ3v) is 3.03. The van der Waals surface area contributed by atoms with E-state index in [1.165, 1.54) is 11.8 Å². The molecule has 3 rings (SSSR count). The van der Waals surface area contributed by atoms with Crippen molar-refractivity contribution < 1.29 is 4.42 Å². The summed E-state index contributed by atoms with van der Waals surface area (Å²) in [6, 6.07) is 9.73. The maximum atomic E-state index is 5.93. The van der Waals surface area contributed by atoms with Crippen molar-refractivity contribution in [3.05, 3.63) is 47.1 Å². The van der Waals surface area contributed by atoms with E-state index in [1.807, 2.05) is 25.1 Å². The Kier molecular flexibility index (Phi) is 2.49. The van der Waals surface area contributed by atoms with E-state index in [0.29, 0.717) is 16.6 Å². The number of hydrogen-bond acceptors (Lipinski definition) is 3. The third-order valence-electron chi connectivity index (χ3n) is 2.82. The van der Waals surface area contributed by atoms with E-state index in [9.17, 15) is 0 Å². The highest BCUT2D eigenvalue weighted by Gasteiger charge is 2.10. The molecule has 1 aromatic carbocycles. The smallest absolute Gasteiger partial charge is 0.139 e. The molecule has 0 saturated heterocycles. The molecule has 4 heteroatoms. The Morgan fingerprint density at radius 2 is 2.06 bits per heavy atom. The SMILES string of the molecule is Cc1ccc2oc(-c3cc(Cl)cnc3N)cc2c1. The topological polar surface area (TPSA) is 52.0 Å². The molecule has 0 fully saturated rings. The van der Waals surface area contributed by atoms with Gasteiger partial charge in [0.15, 0.2) is 0 Å². The molecule has 0 amide bonds. The van der Waals surface area contributed by atoms with Crippen LogP contribution < -0.4 is 5.73 Å². The number of aromatic nitrogens is 1. The van der Waals surface area contributed by atoms with Crippen molar-refractivity contribution in [2.45, 2.75) is 6.92 Å². The van der Waals surface area contributed by atoms with Crippen molar-refractivity contribution in [3.8, 4) is 11.3 Å². The van der Waals surface area contributed by atoms with Gasteiger partial charge in [-0.2, -0.15) is 0 Å². The molecule has 0 unspecified atom stereocenters. The molecule has 0 atom stereocenters. The number of rotatable bonds is 1. The van der Waals surface area contributed by atoms with Gasteiger partial charge in [0.1, 0.15) is 17.2 Å². The second-order valence-electron chi connectivity index (χ2n) is 4.24. The van der Waals surface area contributed by atoms with Crippen LogP contribution in [0.25, 0.3) is 22.3 Å². The Morgan fingerprint density at radius 1 is 1.22 bits per heavy atom. The fourth-order valence-electron chi connectivity index (χ4n) is 1.94. The number of anilines is 1. The zero-order chi connectivity index (χ0) is 12.7. The highest BCUT2D eigenvalue weighted by Crippen LogP contribution is 2.32. The van der Waals surface area contributed by atoms with Crippen LogP contribution in [-0.2, 0) is 0 Å². The molecular formula is C14H11ClN2O. The van der Waals surface area contributed by atoms with Crippen molar-refractivity contribution in [1.29, 1.82) is 0 Å². The fraction of sp³-hybridized carbons (Fsp3) is 0.0714. The van der Waals surface area contributed by atoms with Crippen LogP contribution in [0.1, 0.15) is 5.56 Å². The van der Waals surface area contributed by atoms with Crippen molar-refractivity contribution in [2.75, 3.05) is 5.73 Å². The van der Waals surface area contributed by atoms with Gasteiger partial charge in [0.25, 0.3) is 0 Å². The molecule has 90 valence electrons. The average molecular weight is 259 g/mol. The van der Waals surface area contributed by atoms with Crippen LogP contribution in [-0.4, -0.2) is 4.98 Å². The van der Waals surface area contributed by atoms with Crippen molar-refractivity contribution in [3.63, 3.8) is 0 Å². The van der Waals surface area contributed by atoms with Crippen molar-refractivity contribution >= 4 is 28.4 Å². The molecule has 2 aromatic heterocycles. The zero-order valence-corrected chi connectivity index (χ0v) is 10.5. The Hall–Kier alpha value is -2.00. The number of halogens is 1. The first-order valence-corrected chi connectivity index (χ1v) is 5.93. The highest BCUT2D eigenvalue weighted by atomic mass is 35.5. The van der Waals surface area contributed by atoms with E-state index in [1.54, 1.807) is 6.07 Å². The van der Waals surface area contributed by atoms with Crippen LogP contribution in [0.2, 0.25) is 5.02 Å². The maximum absolute atomic E-state index is 5.93. The molecule has 0 saturated carbocycles. The Morgan fingerprint density at radius 3 is 2.89 bits per heavy atom. The summed E-state index contributed by atoms with van der Waals surface area (Å²) in [5.74, 6) is 1.10. The van der Waals surface area contributed by atoms with Crippen molar-refractivity contribution in [2.24, 2.45) is 0 Å². The normalized spacial score (nSPS) is 11.0. The minimum Gasteiger partial charge on any atom is -0.456 e. The number of nitrogens with zero attached hydrogens (tertiary/aromatic N) is 1. The molecule has 3 nitrogen and oxygen atoms in total. The summed E-state index contributed by atoms with van der Waals surface area (Å²) in [6.07, 6.45) is 1.52. The van der Waals surface area contributed by atoms with Crippen LogP contribution in [0.5, 0.6) is 0 Å². The highest BCUT2D eigenvalue weighted by molar-refractivity contribution is 6.30. The van der Waals surface area contributed by atoms with Gasteiger partial charge in [-0.25, -0.2) is 4.98 Å². The Bertz CT molecular complexity index is 734. The molecule has 0 spiro atoms. The standard InChI is InChI=1S/C14H11ClN2O/c1-8-2-3-12-9(4-8)5-13(18-12)11-6-10(15)7-17-14(11)16/h2-7H,1H3,(H2,16,17). The van der Waals surface area contributed by atoms with Gasteiger partial charge in [0.2, 0.25) is 0 Å². The van der Waals surface area contributed by atoms with E-state index >= 15 is 0 Å². The lowest BCUT2D eigenvalue weighted by Crippen LogP contribution is -1.92. The molecule has 18 heavy (non-hydrogen) atoms. The number of aryl methyl sites for hydroxylation is 1. The fourth-order valence-corrected chi connectivity index (χ4v) is 2.10. The summed E-state index contributed by atoms with van der Waals surface area (Å²) in [5, 5.41) is 1.58. The molecule has 0 aliphatic carbocycles. The predicted molar refractivity (Wildman–Crippen MR) is 73.6 cm³/mol. The summed E-state index contributed by atoms with van der Waals surface area (Å²) in [5.41, 5.74) is 8.58. The number of pyridine rings is 1. The number of hydrogen-bond donors (Lipinski definition) is 1. The van der Waals surface area contributed by atoms with Crippen molar-refractivity contribution in [1.82, 2.24) is 4.98 Å². The van der Waals surface area contributed by atoms with Gasteiger partial charge in [-0.3, -0.25) is 0 Å². The van der Waals surface area contributed by atoms with E-state index in [4.69, 9.17) is 21.8 Å². The van der Waals surface area contributed by atoms with E-state index in [2.05, 4.69) is 11.1 Å². The summed E-state index contributed by atoms with van der Waals surface area (Å²) in [6.45, 7) is 2.04. The average Bonchev–Trinajstić information content (AvgIpc) is 2.74. The quantitative estimate of drug-likeness (QED) is 0.717. The largest absolute Gasteiger partial charge is 0.456 e. The predicted octanol–water partition coefficient (Wildman–Crippen LogP) is 4.04. The molecule has 0 aliphatic heterocycles. The van der Waals surface area contributed by atoms with Gasteiger partial charge in [0, 0.05) is 11.6 Å². The van der Waals surface area contributed by atoms with Gasteiger partial charge < -0.3 is 10.2 Å². The summed E-state index contributed by atoms with van der Waals surface area (Å²) in [4.78, 5) is 4.03. The maximum Gasteiger partial charge on any atom is 0.139 e. The van der Waals surface area contributed by atoms with E-state index in [-0.39, 0.29) is 0 Å². The van der Waals surface area contributed by atoms with Gasteiger partial charge in [-0.15, -0.1) is 0 Å². The number of nitrogen functional groups attached to an aromatic ring is 1. The molecule has 0 bridgehead atoms. The van der Waals surface area contributed by atoms with Crippen LogP contribution in [0.3, 0.4) is 0 Å². The van der Waals surface area contributed by atoms with Crippen LogP contribution in [0, 0.1) is 6.92 Å². The first-order valence-electron chi connectivity index (χ1n) is 5.55. The second-order valence-corrected chi connectivity index (χ2v) is 4.67. The molecular weight excluding hydrogens is 248 g/mol.